The Bertz CT molecular complexity index is 2690. The number of hydrogen-bond acceptors (Lipinski definition) is 21. The van der Waals surface area contributed by atoms with Gasteiger partial charge in [0.05, 0.1) is 48.6 Å². The van der Waals surface area contributed by atoms with Gasteiger partial charge in [0.25, 0.3) is 0 Å². The lowest BCUT2D eigenvalue weighted by atomic mass is 9.33. The van der Waals surface area contributed by atoms with Gasteiger partial charge in [0.15, 0.2) is 31.1 Å². The molecule has 3 unspecified atom stereocenters. The van der Waals surface area contributed by atoms with Gasteiger partial charge in [-0.15, -0.1) is 0 Å². The van der Waals surface area contributed by atoms with E-state index in [1.165, 1.54) is 0 Å². The number of aliphatic carboxylic acids is 1. The molecule has 83 heavy (non-hydrogen) atoms. The number of benzene rings is 2. The predicted octanol–water partition coefficient (Wildman–Crippen LogP) is 1.99. The lowest BCUT2D eigenvalue weighted by Gasteiger charge is -2.72. The summed E-state index contributed by atoms with van der Waals surface area (Å²) in [5.74, 6) is -3.55. The topological polar surface area (TPSA) is 348 Å². The number of carbonyl (C=O) groups is 3. The zero-order valence-corrected chi connectivity index (χ0v) is 48.0. The highest BCUT2D eigenvalue weighted by atomic mass is 16.8. The third-order valence-electron chi connectivity index (χ3n) is 21.8. The summed E-state index contributed by atoms with van der Waals surface area (Å²) in [6.45, 7) is 12.7. The van der Waals surface area contributed by atoms with Crippen molar-refractivity contribution in [2.24, 2.45) is 50.2 Å². The van der Waals surface area contributed by atoms with E-state index in [9.17, 15) is 70.6 Å². The highest BCUT2D eigenvalue weighted by Crippen LogP contribution is 2.76. The Morgan fingerprint density at radius 1 is 0.590 bits per heavy atom. The normalized spacial score (nSPS) is 46.2. The number of carboxylic acids is 1. The van der Waals surface area contributed by atoms with Crippen LogP contribution in [0.2, 0.25) is 0 Å². The molecule has 3 saturated heterocycles. The highest BCUT2D eigenvalue weighted by molar-refractivity contribution is 5.90. The van der Waals surface area contributed by atoms with E-state index in [4.69, 9.17) is 37.9 Å². The van der Waals surface area contributed by atoms with Gasteiger partial charge in [-0.2, -0.15) is 0 Å². The van der Waals surface area contributed by atoms with Crippen molar-refractivity contribution in [3.8, 4) is 0 Å². The summed E-state index contributed by atoms with van der Waals surface area (Å²) in [4.78, 5) is 41.2. The Kier molecular flexibility index (Phi) is 17.1. The second-order valence-electron chi connectivity index (χ2n) is 26.8. The highest BCUT2D eigenvalue weighted by Gasteiger charge is 2.74. The first-order valence-corrected chi connectivity index (χ1v) is 29.1. The Morgan fingerprint density at radius 3 is 1.69 bits per heavy atom. The molecular weight excluding hydrogens is 1080 g/mol. The summed E-state index contributed by atoms with van der Waals surface area (Å²) >= 11 is 0. The van der Waals surface area contributed by atoms with Crippen LogP contribution < -0.4 is 0 Å². The average molecular weight is 1170 g/mol. The van der Waals surface area contributed by atoms with Crippen LogP contribution in [0.4, 0.5) is 0 Å². The molecule has 0 bridgehead atoms. The molecule has 22 nitrogen and oxygen atoms in total. The van der Waals surface area contributed by atoms with Gasteiger partial charge in [-0.3, -0.25) is 0 Å². The molecule has 5 aliphatic carbocycles. The minimum Gasteiger partial charge on any atom is -0.479 e. The van der Waals surface area contributed by atoms with Crippen LogP contribution in [0.25, 0.3) is 0 Å². The molecule has 4 saturated carbocycles. The zero-order valence-electron chi connectivity index (χ0n) is 48.0. The number of allylic oxidation sites excluding steroid dienone is 2. The second kappa shape index (κ2) is 22.9. The van der Waals surface area contributed by atoms with Crippen LogP contribution in [-0.2, 0) is 42.7 Å². The molecule has 25 atom stereocenters. The molecule has 2 aromatic carbocycles. The lowest BCUT2D eigenvalue weighted by molar-refractivity contribution is -0.386. The van der Waals surface area contributed by atoms with Gasteiger partial charge >= 0.3 is 17.9 Å². The standard InChI is InChI=1S/C61H84O22/c1-56(2)24-32-31-18-19-36-58(5)22-21-38(78-55-47(81-54-43(70)41(68)39(66)33(26-62)76-54)45(44(71)46(80-55)50(72)73)79-53-42(69)40(67)34(27-63)77-53)57(3,4)35(58)20-23-59(36,6)60(31,7)25-37(65)61(32,28-64)49(83-52(75)30-16-12-9-13-17-30)48(56)82-51(74)29-14-10-8-11-15-29/h8-18,32-49,53-55,62-71H,19-28H2,1-7H3,(H,72,73)/t32?,33-,34+,35?,36?,37-,38+,39+,40+,41+,42-,43-,44+,45+,46+,47-,48+,49+,53+,54+,55+,58+,59-,60-,61+/m1/s1. The van der Waals surface area contributed by atoms with Gasteiger partial charge in [-0.25, -0.2) is 14.4 Å². The van der Waals surface area contributed by atoms with Crippen LogP contribution in [0.15, 0.2) is 72.3 Å². The van der Waals surface area contributed by atoms with E-state index < -0.39 is 187 Å². The summed E-state index contributed by atoms with van der Waals surface area (Å²) in [6.07, 6.45) is -23.8. The Balaban J connectivity index is 0.965. The van der Waals surface area contributed by atoms with E-state index in [0.29, 0.717) is 44.1 Å². The number of esters is 2. The van der Waals surface area contributed by atoms with E-state index in [2.05, 4.69) is 40.7 Å². The molecule has 10 rings (SSSR count). The molecule has 22 heteroatoms. The van der Waals surface area contributed by atoms with E-state index in [1.54, 1.807) is 60.7 Å². The zero-order chi connectivity index (χ0) is 60.1. The predicted molar refractivity (Wildman–Crippen MR) is 288 cm³/mol. The first-order valence-electron chi connectivity index (χ1n) is 29.1. The number of carboxylic acid groups (broad SMARTS) is 1. The molecule has 3 heterocycles. The number of hydrogen-bond donors (Lipinski definition) is 11. The van der Waals surface area contributed by atoms with Crippen molar-refractivity contribution in [1.82, 2.24) is 0 Å². The minimum absolute atomic E-state index is 0.00730. The first-order chi connectivity index (χ1) is 39.1. The lowest BCUT2D eigenvalue weighted by Crippen LogP contribution is -2.72. The van der Waals surface area contributed by atoms with E-state index in [0.717, 1.165) is 5.57 Å². The molecule has 0 radical (unpaired) electrons. The maximum atomic E-state index is 14.3. The van der Waals surface area contributed by atoms with Crippen LogP contribution in [0.1, 0.15) is 114 Å². The molecular formula is C61H84O22. The molecule has 460 valence electrons. The van der Waals surface area contributed by atoms with Crippen molar-refractivity contribution >= 4 is 17.9 Å². The third-order valence-corrected chi connectivity index (χ3v) is 21.8. The van der Waals surface area contributed by atoms with Crippen molar-refractivity contribution in [2.75, 3.05) is 19.8 Å². The van der Waals surface area contributed by atoms with Crippen molar-refractivity contribution in [3.63, 3.8) is 0 Å². The van der Waals surface area contributed by atoms with E-state index >= 15 is 0 Å². The third kappa shape index (κ3) is 10.1. The monoisotopic (exact) mass is 1170 g/mol. The van der Waals surface area contributed by atoms with Crippen molar-refractivity contribution < 1.29 is 108 Å². The molecule has 0 amide bonds. The molecule has 3 aliphatic heterocycles. The summed E-state index contributed by atoms with van der Waals surface area (Å²) in [6, 6.07) is 16.9. The van der Waals surface area contributed by atoms with Gasteiger partial charge in [-0.05, 0) is 109 Å². The number of rotatable bonds is 14. The number of aliphatic hydroxyl groups excluding tert-OH is 10. The maximum Gasteiger partial charge on any atom is 0.338 e. The Morgan fingerprint density at radius 2 is 1.13 bits per heavy atom. The van der Waals surface area contributed by atoms with Crippen LogP contribution in [0, 0.1) is 50.2 Å². The Hall–Kier alpha value is -4.05. The number of aliphatic hydroxyl groups is 10. The van der Waals surface area contributed by atoms with Crippen LogP contribution in [0.5, 0.6) is 0 Å². The minimum atomic E-state index is -2.11. The largest absolute Gasteiger partial charge is 0.479 e. The molecule has 0 aromatic heterocycles. The molecule has 0 spiro atoms. The average Bonchev–Trinajstić information content (AvgIpc) is 1.06. The van der Waals surface area contributed by atoms with Crippen LogP contribution in [-0.4, -0.2) is 204 Å². The van der Waals surface area contributed by atoms with Crippen LogP contribution in [0.3, 0.4) is 0 Å². The van der Waals surface area contributed by atoms with Gasteiger partial charge in [0.1, 0.15) is 67.1 Å². The molecule has 11 N–H and O–H groups in total. The number of carbonyl (C=O) groups excluding carboxylic acids is 2. The second-order valence-corrected chi connectivity index (χ2v) is 26.8. The van der Waals surface area contributed by atoms with Crippen molar-refractivity contribution in [3.05, 3.63) is 83.4 Å². The van der Waals surface area contributed by atoms with Crippen molar-refractivity contribution in [1.29, 1.82) is 0 Å². The smallest absolute Gasteiger partial charge is 0.338 e. The summed E-state index contributed by atoms with van der Waals surface area (Å²) in [5, 5.41) is 121. The first kappa shape index (κ1) is 62.0. The fourth-order valence-corrected chi connectivity index (χ4v) is 17.0. The van der Waals surface area contributed by atoms with Gasteiger partial charge in [0, 0.05) is 5.41 Å². The van der Waals surface area contributed by atoms with Crippen molar-refractivity contribution in [2.45, 2.75) is 204 Å². The molecule has 7 fully saturated rings. The number of fused-ring (bicyclic) bond motifs is 7. The summed E-state index contributed by atoms with van der Waals surface area (Å²) in [5.41, 5.74) is -3.02. The number of ether oxygens (including phenoxy) is 8. The van der Waals surface area contributed by atoms with E-state index in [-0.39, 0.29) is 23.8 Å². The Labute approximate surface area is 482 Å². The van der Waals surface area contributed by atoms with Gasteiger partial charge in [0.2, 0.25) is 0 Å². The molecule has 8 aliphatic rings. The summed E-state index contributed by atoms with van der Waals surface area (Å²) < 4.78 is 49.6. The molecule has 2 aromatic rings. The van der Waals surface area contributed by atoms with Gasteiger partial charge < -0.3 is 94.1 Å². The fourth-order valence-electron chi connectivity index (χ4n) is 17.0. The van der Waals surface area contributed by atoms with E-state index in [1.807, 2.05) is 13.8 Å². The SMILES string of the molecule is CC1(C)CC2C3=CCC4[C@@]5(C)CC[C@H](O[C@H]6O[C@H](C(=O)O)[C@@H](O)[C@H](O[C@@H]7O[C@@H](CO)[C@H](O)[C@H]7O)[C@H]6O[C@@H]6O[C@H](CO)[C@H](O)[C@H](O)[C@H]6O)C(C)(C)C5CC[C@@]4(C)[C@]3(C)C[C@@H](O)[C@@]2(CO)[C@@H](OC(=O)c2ccccc2)[C@@H]1OC(=O)c1ccccc1. The quantitative estimate of drug-likeness (QED) is 0.0732. The maximum absolute atomic E-state index is 14.3. The van der Waals surface area contributed by atoms with Gasteiger partial charge in [-0.1, -0.05) is 96.5 Å². The fraction of sp³-hybridized carbons (Fsp3) is 0.721. The summed E-state index contributed by atoms with van der Waals surface area (Å²) in [7, 11) is 0. The van der Waals surface area contributed by atoms with Crippen LogP contribution >= 0.6 is 0 Å².